The van der Waals surface area contributed by atoms with Crippen LogP contribution in [0.2, 0.25) is 0 Å². The Hall–Kier alpha value is -1.37. The van der Waals surface area contributed by atoms with E-state index in [0.29, 0.717) is 11.7 Å². The van der Waals surface area contributed by atoms with Crippen LogP contribution in [0, 0.1) is 0 Å². The largest absolute Gasteiger partial charge is 0.367 e. The van der Waals surface area contributed by atoms with Crippen LogP contribution in [0.3, 0.4) is 0 Å². The Bertz CT molecular complexity index is 351. The molecule has 0 radical (unpaired) electrons. The highest BCUT2D eigenvalue weighted by atomic mass is 32.1. The lowest BCUT2D eigenvalue weighted by Gasteiger charge is -2.21. The number of nitrogen functional groups attached to an aromatic ring is 1. The number of amides is 1. The first-order chi connectivity index (χ1) is 7.54. The van der Waals surface area contributed by atoms with E-state index in [-0.39, 0.29) is 11.9 Å². The van der Waals surface area contributed by atoms with Gasteiger partial charge in [-0.25, -0.2) is 0 Å². The third-order valence-electron chi connectivity index (χ3n) is 2.02. The van der Waals surface area contributed by atoms with Gasteiger partial charge in [0.15, 0.2) is 0 Å². The molecule has 1 amide bonds. The first kappa shape index (κ1) is 12.7. The van der Waals surface area contributed by atoms with Crippen molar-refractivity contribution in [3.05, 3.63) is 0 Å². The SMILES string of the molecule is CCCN(CC(=O)N(C)C)c1nc(N)ns1. The number of likely N-dealkylation sites (N-methyl/N-ethyl adjacent to an activating group) is 1. The molecule has 0 bridgehead atoms. The van der Waals surface area contributed by atoms with E-state index >= 15 is 0 Å². The molecular formula is C9H17N5OS. The molecule has 1 aromatic heterocycles. The molecule has 0 fully saturated rings. The second kappa shape index (κ2) is 5.64. The molecule has 1 heterocycles. The van der Waals surface area contributed by atoms with Crippen LogP contribution in [0.1, 0.15) is 13.3 Å². The zero-order chi connectivity index (χ0) is 12.1. The monoisotopic (exact) mass is 243 g/mol. The minimum absolute atomic E-state index is 0.0437. The lowest BCUT2D eigenvalue weighted by atomic mass is 10.4. The summed E-state index contributed by atoms with van der Waals surface area (Å²) in [5.74, 6) is 0.306. The molecule has 7 heteroatoms. The fourth-order valence-electron chi connectivity index (χ4n) is 1.17. The van der Waals surface area contributed by atoms with E-state index in [1.165, 1.54) is 11.5 Å². The zero-order valence-electron chi connectivity index (χ0n) is 9.80. The van der Waals surface area contributed by atoms with Gasteiger partial charge in [0.25, 0.3) is 0 Å². The van der Waals surface area contributed by atoms with Crippen molar-refractivity contribution < 1.29 is 4.79 Å². The molecule has 0 spiro atoms. The van der Waals surface area contributed by atoms with Crippen molar-refractivity contribution in [3.63, 3.8) is 0 Å². The summed E-state index contributed by atoms with van der Waals surface area (Å²) in [7, 11) is 3.47. The number of hydrogen-bond donors (Lipinski definition) is 1. The summed E-state index contributed by atoms with van der Waals surface area (Å²) in [6, 6.07) is 0. The van der Waals surface area contributed by atoms with Gasteiger partial charge in [-0.2, -0.15) is 9.36 Å². The van der Waals surface area contributed by atoms with Gasteiger partial charge in [0.1, 0.15) is 0 Å². The molecule has 0 aliphatic rings. The second-order valence-corrected chi connectivity index (χ2v) is 4.38. The quantitative estimate of drug-likeness (QED) is 0.811. The van der Waals surface area contributed by atoms with Gasteiger partial charge in [-0.05, 0) is 6.42 Å². The molecule has 0 aliphatic heterocycles. The number of nitrogens with zero attached hydrogens (tertiary/aromatic N) is 4. The Kier molecular flexibility index (Phi) is 4.48. The van der Waals surface area contributed by atoms with Crippen molar-refractivity contribution in [1.29, 1.82) is 0 Å². The fraction of sp³-hybridized carbons (Fsp3) is 0.667. The predicted octanol–water partition coefficient (Wildman–Crippen LogP) is 0.425. The Balaban J connectivity index is 2.71. The number of nitrogens with two attached hydrogens (primary N) is 1. The summed E-state index contributed by atoms with van der Waals surface area (Å²) in [6.07, 6.45) is 0.945. The van der Waals surface area contributed by atoms with Crippen LogP contribution in [0.25, 0.3) is 0 Å². The molecule has 90 valence electrons. The summed E-state index contributed by atoms with van der Waals surface area (Å²) >= 11 is 1.22. The number of aromatic nitrogens is 2. The first-order valence-corrected chi connectivity index (χ1v) is 5.86. The van der Waals surface area contributed by atoms with E-state index in [1.807, 2.05) is 4.90 Å². The second-order valence-electron chi connectivity index (χ2n) is 3.64. The smallest absolute Gasteiger partial charge is 0.241 e. The van der Waals surface area contributed by atoms with E-state index in [2.05, 4.69) is 16.3 Å². The Morgan fingerprint density at radius 3 is 2.62 bits per heavy atom. The fourth-order valence-corrected chi connectivity index (χ4v) is 1.79. The van der Waals surface area contributed by atoms with Crippen LogP contribution in [-0.4, -0.2) is 47.3 Å². The van der Waals surface area contributed by atoms with Crippen molar-refractivity contribution >= 4 is 28.5 Å². The summed E-state index contributed by atoms with van der Waals surface area (Å²) < 4.78 is 3.91. The maximum absolute atomic E-state index is 11.6. The van der Waals surface area contributed by atoms with Crippen LogP contribution in [0.5, 0.6) is 0 Å². The Morgan fingerprint density at radius 1 is 1.50 bits per heavy atom. The van der Waals surface area contributed by atoms with Crippen molar-refractivity contribution in [2.45, 2.75) is 13.3 Å². The molecule has 1 aromatic rings. The van der Waals surface area contributed by atoms with Crippen LogP contribution in [0.15, 0.2) is 0 Å². The van der Waals surface area contributed by atoms with Crippen molar-refractivity contribution in [1.82, 2.24) is 14.3 Å². The van der Waals surface area contributed by atoms with E-state index in [1.54, 1.807) is 19.0 Å². The molecule has 0 aliphatic carbocycles. The number of carbonyl (C=O) groups excluding carboxylic acids is 1. The van der Waals surface area contributed by atoms with Gasteiger partial charge >= 0.3 is 0 Å². The predicted molar refractivity (Wildman–Crippen MR) is 65.5 cm³/mol. The molecule has 1 rings (SSSR count). The van der Waals surface area contributed by atoms with Gasteiger partial charge in [0.05, 0.1) is 6.54 Å². The number of anilines is 2. The lowest BCUT2D eigenvalue weighted by Crippen LogP contribution is -2.37. The summed E-state index contributed by atoms with van der Waals surface area (Å²) in [5, 5.41) is 0.703. The lowest BCUT2D eigenvalue weighted by molar-refractivity contribution is -0.127. The molecule has 2 N–H and O–H groups in total. The van der Waals surface area contributed by atoms with Gasteiger partial charge in [-0.1, -0.05) is 6.92 Å². The van der Waals surface area contributed by atoms with E-state index in [9.17, 15) is 4.79 Å². The highest BCUT2D eigenvalue weighted by Gasteiger charge is 2.15. The molecule has 0 saturated carbocycles. The standard InChI is InChI=1S/C9H17N5OS/c1-4-5-14(6-7(15)13(2)3)9-11-8(10)12-16-9/h4-6H2,1-3H3,(H2,10,12). The Labute approximate surface area is 99.2 Å². The molecule has 0 saturated heterocycles. The van der Waals surface area contributed by atoms with Crippen molar-refractivity contribution in [2.24, 2.45) is 0 Å². The van der Waals surface area contributed by atoms with E-state index in [4.69, 9.17) is 5.73 Å². The topological polar surface area (TPSA) is 75.4 Å². The van der Waals surface area contributed by atoms with Gasteiger partial charge < -0.3 is 15.5 Å². The highest BCUT2D eigenvalue weighted by molar-refractivity contribution is 7.09. The molecule has 6 nitrogen and oxygen atoms in total. The Morgan fingerprint density at radius 2 is 2.19 bits per heavy atom. The third-order valence-corrected chi connectivity index (χ3v) is 2.81. The zero-order valence-corrected chi connectivity index (χ0v) is 10.6. The normalized spacial score (nSPS) is 10.2. The molecule has 0 aromatic carbocycles. The average molecular weight is 243 g/mol. The third kappa shape index (κ3) is 3.34. The van der Waals surface area contributed by atoms with Gasteiger partial charge in [0.2, 0.25) is 17.0 Å². The van der Waals surface area contributed by atoms with Crippen molar-refractivity contribution in [2.75, 3.05) is 37.8 Å². The minimum atomic E-state index is 0.0437. The molecule has 0 atom stereocenters. The summed E-state index contributed by atoms with van der Waals surface area (Å²) in [4.78, 5) is 19.2. The highest BCUT2D eigenvalue weighted by Crippen LogP contribution is 2.18. The van der Waals surface area contributed by atoms with Crippen LogP contribution >= 0.6 is 11.5 Å². The maximum atomic E-state index is 11.6. The van der Waals surface area contributed by atoms with Crippen molar-refractivity contribution in [3.8, 4) is 0 Å². The number of rotatable bonds is 5. The molecule has 0 unspecified atom stereocenters. The van der Waals surface area contributed by atoms with Gasteiger partial charge in [-0.15, -0.1) is 0 Å². The summed E-state index contributed by atoms with van der Waals surface area (Å²) in [5.41, 5.74) is 5.47. The summed E-state index contributed by atoms with van der Waals surface area (Å²) in [6.45, 7) is 3.14. The van der Waals surface area contributed by atoms with E-state index < -0.39 is 0 Å². The van der Waals surface area contributed by atoms with Crippen LogP contribution in [-0.2, 0) is 4.79 Å². The molecule has 16 heavy (non-hydrogen) atoms. The average Bonchev–Trinajstić information content (AvgIpc) is 2.64. The number of hydrogen-bond acceptors (Lipinski definition) is 6. The van der Waals surface area contributed by atoms with Gasteiger partial charge in [0, 0.05) is 32.2 Å². The van der Waals surface area contributed by atoms with Crippen LogP contribution < -0.4 is 10.6 Å². The number of carbonyl (C=O) groups is 1. The van der Waals surface area contributed by atoms with Gasteiger partial charge in [-0.3, -0.25) is 4.79 Å². The molecular weight excluding hydrogens is 226 g/mol. The maximum Gasteiger partial charge on any atom is 0.241 e. The first-order valence-electron chi connectivity index (χ1n) is 5.09. The van der Waals surface area contributed by atoms with E-state index in [0.717, 1.165) is 13.0 Å². The van der Waals surface area contributed by atoms with Crippen LogP contribution in [0.4, 0.5) is 11.1 Å². The minimum Gasteiger partial charge on any atom is -0.367 e.